The summed E-state index contributed by atoms with van der Waals surface area (Å²) in [6, 6.07) is 1.83. The zero-order chi connectivity index (χ0) is 31.0. The molecule has 7 rings (SSSR count). The first kappa shape index (κ1) is 30.5. The number of amides is 1. The third-order valence-electron chi connectivity index (χ3n) is 10.8. The Kier molecular flexibility index (Phi) is 8.75. The van der Waals surface area contributed by atoms with E-state index in [2.05, 4.69) is 30.7 Å². The quantitative estimate of drug-likeness (QED) is 0.357. The average molecular weight is 626 g/mol. The van der Waals surface area contributed by atoms with E-state index in [1.807, 2.05) is 4.90 Å². The predicted octanol–water partition coefficient (Wildman–Crippen LogP) is 4.27. The van der Waals surface area contributed by atoms with Gasteiger partial charge in [-0.25, -0.2) is 18.3 Å². The number of aliphatic hydroxyl groups excluding tert-OH is 1. The molecule has 45 heavy (non-hydrogen) atoms. The highest BCUT2D eigenvalue weighted by molar-refractivity contribution is 6.08. The van der Waals surface area contributed by atoms with Gasteiger partial charge in [-0.2, -0.15) is 10.2 Å². The molecule has 0 bridgehead atoms. The zero-order valence-electron chi connectivity index (χ0n) is 25.9. The van der Waals surface area contributed by atoms with Gasteiger partial charge in [-0.15, -0.1) is 0 Å². The first-order chi connectivity index (χ1) is 21.9. The molecule has 1 saturated carbocycles. The van der Waals surface area contributed by atoms with Gasteiger partial charge in [0.2, 0.25) is 0 Å². The summed E-state index contributed by atoms with van der Waals surface area (Å²) >= 11 is 0. The van der Waals surface area contributed by atoms with Crippen molar-refractivity contribution in [3.05, 3.63) is 35.9 Å². The molecule has 3 aromatic heterocycles. The fourth-order valence-electron chi connectivity index (χ4n) is 8.02. The monoisotopic (exact) mass is 625 g/mol. The molecule has 4 aliphatic rings. The van der Waals surface area contributed by atoms with E-state index in [1.165, 1.54) is 49.5 Å². The van der Waals surface area contributed by atoms with Crippen LogP contribution in [0.5, 0.6) is 0 Å². The van der Waals surface area contributed by atoms with Gasteiger partial charge in [-0.05, 0) is 108 Å². The van der Waals surface area contributed by atoms with Crippen molar-refractivity contribution in [2.45, 2.75) is 82.8 Å². The van der Waals surface area contributed by atoms with E-state index in [-0.39, 0.29) is 17.3 Å². The Labute approximate surface area is 262 Å². The maximum atomic E-state index is 14.1. The maximum Gasteiger partial charge on any atom is 0.284 e. The Morgan fingerprint density at radius 2 is 1.87 bits per heavy atom. The molecule has 1 aliphatic carbocycles. The number of aliphatic hydroxyl groups is 1. The molecule has 0 aromatic carbocycles. The number of alkyl halides is 2. The van der Waals surface area contributed by atoms with Gasteiger partial charge in [0, 0.05) is 32.0 Å². The van der Waals surface area contributed by atoms with E-state index in [0.717, 1.165) is 64.7 Å². The summed E-state index contributed by atoms with van der Waals surface area (Å²) in [4.78, 5) is 22.6. The van der Waals surface area contributed by atoms with Gasteiger partial charge in [0.15, 0.2) is 11.3 Å². The Bertz CT molecular complexity index is 1470. The van der Waals surface area contributed by atoms with Crippen LogP contribution >= 0.6 is 0 Å². The first-order valence-electron chi connectivity index (χ1n) is 16.7. The van der Waals surface area contributed by atoms with E-state index in [1.54, 1.807) is 23.1 Å². The number of hydrogen-bond donors (Lipinski definition) is 3. The van der Waals surface area contributed by atoms with Crippen LogP contribution in [0.25, 0.3) is 5.65 Å². The Hall–Kier alpha value is -3.16. The highest BCUT2D eigenvalue weighted by Crippen LogP contribution is 2.41. The standard InChI is InChI=1S/C32H45F2N9O2/c33-29(34)28-26(37-31(45)25-18-36-42-15-7-27(38-30(25)42)41-14-1-2-24(44)20-41)21-43(39-28)23-5-3-22(4-6-23)19-40-16-10-32(11-17-40)8-12-35-13-9-32/h7,15,18,21-24,29,35,44H,1-6,8-14,16-17,19-20H2,(H,37,45)/t22?,23?,24-/m0/s1. The highest BCUT2D eigenvalue weighted by Gasteiger charge is 2.36. The van der Waals surface area contributed by atoms with E-state index in [4.69, 9.17) is 0 Å². The Morgan fingerprint density at radius 3 is 2.60 bits per heavy atom. The molecule has 3 aromatic rings. The topological polar surface area (TPSA) is 116 Å². The smallest absolute Gasteiger partial charge is 0.284 e. The summed E-state index contributed by atoms with van der Waals surface area (Å²) in [5, 5.41) is 24.8. The second-order valence-corrected chi connectivity index (χ2v) is 13.7. The molecule has 13 heteroatoms. The van der Waals surface area contributed by atoms with Crippen molar-refractivity contribution in [3.63, 3.8) is 0 Å². The minimum absolute atomic E-state index is 0.0203. The molecule has 11 nitrogen and oxygen atoms in total. The number of carbonyl (C=O) groups is 1. The third kappa shape index (κ3) is 6.57. The van der Waals surface area contributed by atoms with Crippen molar-refractivity contribution in [2.75, 3.05) is 56.0 Å². The number of hydrogen-bond acceptors (Lipinski definition) is 8. The Morgan fingerprint density at radius 1 is 1.09 bits per heavy atom. The van der Waals surface area contributed by atoms with Gasteiger partial charge < -0.3 is 25.5 Å². The van der Waals surface area contributed by atoms with Crippen molar-refractivity contribution in [1.82, 2.24) is 34.6 Å². The lowest BCUT2D eigenvalue weighted by Gasteiger charge is -2.45. The van der Waals surface area contributed by atoms with Gasteiger partial charge in [-0.3, -0.25) is 9.48 Å². The van der Waals surface area contributed by atoms with Gasteiger partial charge in [-0.1, -0.05) is 0 Å². The van der Waals surface area contributed by atoms with E-state index < -0.39 is 24.1 Å². The van der Waals surface area contributed by atoms with Crippen LogP contribution in [-0.2, 0) is 0 Å². The predicted molar refractivity (Wildman–Crippen MR) is 167 cm³/mol. The number of halogens is 2. The van der Waals surface area contributed by atoms with Gasteiger partial charge in [0.25, 0.3) is 12.3 Å². The minimum Gasteiger partial charge on any atom is -0.391 e. The lowest BCUT2D eigenvalue weighted by Crippen LogP contribution is -2.46. The van der Waals surface area contributed by atoms with E-state index in [0.29, 0.717) is 29.3 Å². The lowest BCUT2D eigenvalue weighted by molar-refractivity contribution is 0.0591. The summed E-state index contributed by atoms with van der Waals surface area (Å²) in [6.45, 7) is 7.02. The van der Waals surface area contributed by atoms with Crippen molar-refractivity contribution >= 4 is 23.1 Å². The zero-order valence-corrected chi connectivity index (χ0v) is 25.9. The molecule has 1 atom stereocenters. The molecule has 0 unspecified atom stereocenters. The molecule has 0 radical (unpaired) electrons. The largest absolute Gasteiger partial charge is 0.391 e. The number of carbonyl (C=O) groups excluding carboxylic acids is 1. The van der Waals surface area contributed by atoms with E-state index in [9.17, 15) is 18.7 Å². The summed E-state index contributed by atoms with van der Waals surface area (Å²) in [5.41, 5.74) is 0.669. The average Bonchev–Trinajstić information content (AvgIpc) is 3.68. The van der Waals surface area contributed by atoms with Gasteiger partial charge in [0.05, 0.1) is 24.0 Å². The molecule has 3 aliphatic heterocycles. The molecule has 1 amide bonds. The normalized spacial score (nSPS) is 26.1. The number of nitrogens with zero attached hydrogens (tertiary/aromatic N) is 7. The van der Waals surface area contributed by atoms with Gasteiger partial charge in [0.1, 0.15) is 11.4 Å². The fourth-order valence-corrected chi connectivity index (χ4v) is 8.02. The first-order valence-corrected chi connectivity index (χ1v) is 16.7. The van der Waals surface area contributed by atoms with Crippen molar-refractivity contribution in [3.8, 4) is 0 Å². The summed E-state index contributed by atoms with van der Waals surface area (Å²) in [7, 11) is 0. The molecule has 6 heterocycles. The van der Waals surface area contributed by atoms with Crippen LogP contribution in [0.1, 0.15) is 92.7 Å². The van der Waals surface area contributed by atoms with Crippen LogP contribution in [0, 0.1) is 11.3 Å². The Balaban J connectivity index is 0.979. The molecule has 3 N–H and O–H groups in total. The van der Waals surface area contributed by atoms with Crippen molar-refractivity contribution < 1.29 is 18.7 Å². The molecular weight excluding hydrogens is 580 g/mol. The second-order valence-electron chi connectivity index (χ2n) is 13.7. The summed E-state index contributed by atoms with van der Waals surface area (Å²) in [6.07, 6.45) is 12.1. The number of likely N-dealkylation sites (tertiary alicyclic amines) is 1. The summed E-state index contributed by atoms with van der Waals surface area (Å²) in [5.74, 6) is 0.693. The molecule has 3 saturated heterocycles. The number of rotatable bonds is 7. The number of nitrogens with one attached hydrogen (secondary N) is 2. The van der Waals surface area contributed by atoms with Crippen LogP contribution in [-0.4, -0.2) is 92.2 Å². The number of piperidine rings is 3. The van der Waals surface area contributed by atoms with Gasteiger partial charge >= 0.3 is 0 Å². The number of anilines is 2. The maximum absolute atomic E-state index is 14.1. The lowest BCUT2D eigenvalue weighted by atomic mass is 9.71. The highest BCUT2D eigenvalue weighted by atomic mass is 19.3. The van der Waals surface area contributed by atoms with Crippen LogP contribution in [0.2, 0.25) is 0 Å². The molecular formula is C32H45F2N9O2. The minimum atomic E-state index is -2.82. The van der Waals surface area contributed by atoms with Crippen LogP contribution in [0.4, 0.5) is 20.3 Å². The third-order valence-corrected chi connectivity index (χ3v) is 10.8. The SMILES string of the molecule is O=C(Nc1cn(C2CCC(CN3CCC4(CCNCC4)CC3)CC2)nc1C(F)F)c1cnn2ccc(N3CCC[C@H](O)C3)nc12. The van der Waals surface area contributed by atoms with Crippen molar-refractivity contribution in [2.24, 2.45) is 11.3 Å². The van der Waals surface area contributed by atoms with Crippen molar-refractivity contribution in [1.29, 1.82) is 0 Å². The molecule has 4 fully saturated rings. The number of β-amino-alcohol motifs (C(OH)–C–C–N with tert-alkyl or cyclic N) is 1. The summed E-state index contributed by atoms with van der Waals surface area (Å²) < 4.78 is 31.3. The number of fused-ring (bicyclic) bond motifs is 1. The van der Waals surface area contributed by atoms with E-state index >= 15 is 0 Å². The second kappa shape index (κ2) is 12.9. The molecule has 1 spiro atoms. The number of aromatic nitrogens is 5. The molecule has 244 valence electrons. The fraction of sp³-hybridized carbons (Fsp3) is 0.688. The van der Waals surface area contributed by atoms with Crippen LogP contribution in [0.3, 0.4) is 0 Å². The van der Waals surface area contributed by atoms with Crippen LogP contribution in [0.15, 0.2) is 24.7 Å². The van der Waals surface area contributed by atoms with Crippen LogP contribution < -0.4 is 15.5 Å².